The van der Waals surface area contributed by atoms with Crippen LogP contribution in [0, 0.1) is 0 Å². The van der Waals surface area contributed by atoms with Crippen molar-refractivity contribution in [3.63, 3.8) is 0 Å². The molecule has 6 aromatic rings. The average molecular weight is 889 g/mol. The molecule has 8 heteroatoms. The molecule has 6 rings (SSSR count). The van der Waals surface area contributed by atoms with Crippen LogP contribution in [-0.2, 0) is 24.9 Å². The molecule has 0 spiro atoms. The van der Waals surface area contributed by atoms with E-state index in [0.29, 0.717) is 0 Å². The molecule has 0 aliphatic carbocycles. The Labute approximate surface area is 308 Å². The maximum Gasteiger partial charge on any atom is 0.106 e. The summed E-state index contributed by atoms with van der Waals surface area (Å²) < 4.78 is 0. The second-order valence-electron chi connectivity index (χ2n) is 8.68. The standard InChI is InChI=1S/2C18H15P.CH2O.4ClH.Ir/c2*1-4-10-16(11-5-1)19(17-12-6-2-7-13-17)18-14-8-3-9-15-18;1-2;;;;;/h2*1-15H;1H2;4*1H;/p-4. The molecule has 1 radical (unpaired) electrons. The van der Waals surface area contributed by atoms with E-state index in [9.17, 15) is 0 Å². The van der Waals surface area contributed by atoms with Crippen LogP contribution in [0.4, 0.5) is 0 Å². The second kappa shape index (κ2) is 25.8. The summed E-state index contributed by atoms with van der Waals surface area (Å²) in [7, 11) is -0.892. The summed E-state index contributed by atoms with van der Waals surface area (Å²) in [6, 6.07) is 64.7. The van der Waals surface area contributed by atoms with Crippen LogP contribution in [0.2, 0.25) is 0 Å². The fourth-order valence-electron chi connectivity index (χ4n) is 4.36. The minimum atomic E-state index is -0.446. The average Bonchev–Trinajstić information content (AvgIpc) is 3.06. The van der Waals surface area contributed by atoms with Crippen molar-refractivity contribution in [1.82, 2.24) is 0 Å². The van der Waals surface area contributed by atoms with Crippen molar-refractivity contribution in [1.29, 1.82) is 0 Å². The number of benzene rings is 6. The third kappa shape index (κ3) is 13.5. The zero-order chi connectivity index (χ0) is 27.8. The molecule has 0 aromatic heterocycles. The molecular weight excluding hydrogens is 856 g/mol. The first-order valence-corrected chi connectivity index (χ1v) is 15.8. The van der Waals surface area contributed by atoms with E-state index < -0.39 is 15.8 Å². The fraction of sp³-hybridized carbons (Fsp3) is 0. The molecule has 237 valence electrons. The Morgan fingerprint density at radius 1 is 0.267 bits per heavy atom. The van der Waals surface area contributed by atoms with Gasteiger partial charge in [-0.05, 0) is 47.7 Å². The third-order valence-electron chi connectivity index (χ3n) is 6.09. The van der Waals surface area contributed by atoms with Gasteiger partial charge in [-0.25, -0.2) is 0 Å². The van der Waals surface area contributed by atoms with E-state index in [2.05, 4.69) is 182 Å². The van der Waals surface area contributed by atoms with E-state index >= 15 is 0 Å². The number of carbonyl (C=O) groups is 1. The van der Waals surface area contributed by atoms with Gasteiger partial charge in [-0.2, -0.15) is 0 Å². The van der Waals surface area contributed by atoms with Gasteiger partial charge in [0.05, 0.1) is 0 Å². The molecule has 0 unspecified atom stereocenters. The van der Waals surface area contributed by atoms with E-state index in [4.69, 9.17) is 4.79 Å². The van der Waals surface area contributed by atoms with Gasteiger partial charge in [0.25, 0.3) is 0 Å². The molecule has 0 amide bonds. The minimum Gasteiger partial charge on any atom is -1.00 e. The summed E-state index contributed by atoms with van der Waals surface area (Å²) in [6.07, 6.45) is 0. The van der Waals surface area contributed by atoms with Gasteiger partial charge in [-0.1, -0.05) is 182 Å². The van der Waals surface area contributed by atoms with Gasteiger partial charge >= 0.3 is 0 Å². The summed E-state index contributed by atoms with van der Waals surface area (Å²) in [5, 5.41) is 8.39. The van der Waals surface area contributed by atoms with Crippen LogP contribution < -0.4 is 81.5 Å². The van der Waals surface area contributed by atoms with Crippen molar-refractivity contribution in [3.05, 3.63) is 182 Å². The molecule has 0 bridgehead atoms. The van der Waals surface area contributed by atoms with E-state index in [1.807, 2.05) is 6.79 Å². The molecule has 6 aromatic carbocycles. The summed E-state index contributed by atoms with van der Waals surface area (Å²) >= 11 is 0. The quantitative estimate of drug-likeness (QED) is 0.153. The Morgan fingerprint density at radius 2 is 0.378 bits per heavy atom. The Balaban J connectivity index is 0. The predicted octanol–water partition coefficient (Wildman–Crippen LogP) is -5.28. The van der Waals surface area contributed by atoms with Gasteiger partial charge in [0.1, 0.15) is 6.79 Å². The Morgan fingerprint density at radius 3 is 0.489 bits per heavy atom. The summed E-state index contributed by atoms with van der Waals surface area (Å²) in [5.41, 5.74) is 0. The van der Waals surface area contributed by atoms with Crippen molar-refractivity contribution in [2.24, 2.45) is 0 Å². The van der Waals surface area contributed by atoms with Gasteiger partial charge in [0, 0.05) is 20.1 Å². The molecule has 0 atom stereocenters. The Kier molecular flexibility index (Phi) is 25.7. The fourth-order valence-corrected chi connectivity index (χ4v) is 8.97. The van der Waals surface area contributed by atoms with Crippen LogP contribution in [0.1, 0.15) is 0 Å². The van der Waals surface area contributed by atoms with Gasteiger partial charge in [0.15, 0.2) is 0 Å². The van der Waals surface area contributed by atoms with Gasteiger partial charge in [-0.15, -0.1) is 0 Å². The molecule has 0 aliphatic heterocycles. The molecule has 45 heavy (non-hydrogen) atoms. The predicted molar refractivity (Wildman–Crippen MR) is 177 cm³/mol. The first kappa shape index (κ1) is 44.8. The van der Waals surface area contributed by atoms with Crippen LogP contribution in [0.25, 0.3) is 0 Å². The van der Waals surface area contributed by atoms with Crippen LogP contribution in [0.3, 0.4) is 0 Å². The first-order chi connectivity index (χ1) is 19.9. The van der Waals surface area contributed by atoms with Gasteiger partial charge < -0.3 is 54.4 Å². The number of hydrogen-bond donors (Lipinski definition) is 0. The Bertz CT molecular complexity index is 1220. The zero-order valence-corrected chi connectivity index (χ0v) is 31.4. The summed E-state index contributed by atoms with van der Waals surface area (Å²) in [4.78, 5) is 8.00. The minimum absolute atomic E-state index is 0. The van der Waals surface area contributed by atoms with E-state index in [0.717, 1.165) is 0 Å². The second-order valence-corrected chi connectivity index (χ2v) is 13.1. The van der Waals surface area contributed by atoms with Crippen LogP contribution in [0.15, 0.2) is 182 Å². The Hall–Kier alpha value is -2.34. The van der Waals surface area contributed by atoms with Crippen LogP contribution in [-0.4, -0.2) is 6.79 Å². The molecule has 0 saturated carbocycles. The number of rotatable bonds is 6. The van der Waals surface area contributed by atoms with E-state index in [1.165, 1.54) is 31.8 Å². The van der Waals surface area contributed by atoms with E-state index in [1.54, 1.807) is 0 Å². The van der Waals surface area contributed by atoms with E-state index in [-0.39, 0.29) is 69.7 Å². The first-order valence-electron chi connectivity index (χ1n) is 13.1. The maximum absolute atomic E-state index is 8.00. The molecule has 0 aliphatic rings. The van der Waals surface area contributed by atoms with Crippen molar-refractivity contribution in [2.75, 3.05) is 0 Å². The van der Waals surface area contributed by atoms with Gasteiger partial charge in [-0.3, -0.25) is 0 Å². The number of halogens is 4. The molecule has 1 nitrogen and oxygen atoms in total. The zero-order valence-electron chi connectivity index (χ0n) is 24.2. The maximum atomic E-state index is 8.00. The third-order valence-corrected chi connectivity index (χ3v) is 11.0. The van der Waals surface area contributed by atoms with Crippen molar-refractivity contribution in [2.45, 2.75) is 0 Å². The summed E-state index contributed by atoms with van der Waals surface area (Å²) in [6.45, 7) is 2.00. The number of hydrogen-bond acceptors (Lipinski definition) is 1. The molecule has 0 saturated heterocycles. The van der Waals surface area contributed by atoms with Crippen molar-refractivity contribution < 1.29 is 74.5 Å². The smallest absolute Gasteiger partial charge is 0.106 e. The van der Waals surface area contributed by atoms with Crippen molar-refractivity contribution in [3.8, 4) is 0 Å². The number of carbonyl (C=O) groups excluding carboxylic acids is 1. The molecule has 0 heterocycles. The van der Waals surface area contributed by atoms with Gasteiger partial charge in [0.2, 0.25) is 0 Å². The molecular formula is C37H32Cl4IrOP2-4. The van der Waals surface area contributed by atoms with Crippen LogP contribution >= 0.6 is 15.8 Å². The largest absolute Gasteiger partial charge is 1.00 e. The van der Waals surface area contributed by atoms with Crippen LogP contribution in [0.5, 0.6) is 0 Å². The normalized spacial score (nSPS) is 9.02. The molecule has 0 fully saturated rings. The summed E-state index contributed by atoms with van der Waals surface area (Å²) in [5.74, 6) is 0. The monoisotopic (exact) mass is 887 g/mol. The topological polar surface area (TPSA) is 17.1 Å². The molecule has 0 N–H and O–H groups in total. The SMILES string of the molecule is C=O.[Cl-].[Cl-].[Cl-].[Cl-].[Ir].c1ccc(P(c2ccccc2)c2ccccc2)cc1.c1ccc(P(c2ccccc2)c2ccccc2)cc1. The van der Waals surface area contributed by atoms with Crippen molar-refractivity contribution >= 4 is 54.5 Å².